The van der Waals surface area contributed by atoms with Crippen molar-refractivity contribution in [3.63, 3.8) is 0 Å². The summed E-state index contributed by atoms with van der Waals surface area (Å²) in [4.78, 5) is 22.6. The number of rotatable bonds is 2. The van der Waals surface area contributed by atoms with E-state index in [9.17, 15) is 4.79 Å². The van der Waals surface area contributed by atoms with Crippen LogP contribution >= 0.6 is 0 Å². The van der Waals surface area contributed by atoms with E-state index in [0.717, 1.165) is 5.56 Å². The van der Waals surface area contributed by atoms with E-state index in [4.69, 9.17) is 0 Å². The summed E-state index contributed by atoms with van der Waals surface area (Å²) >= 11 is 0. The first-order chi connectivity index (χ1) is 6.92. The highest BCUT2D eigenvalue weighted by Gasteiger charge is 2.05. The second-order valence-corrected chi connectivity index (χ2v) is 2.65. The van der Waals surface area contributed by atoms with Gasteiger partial charge in [-0.1, -0.05) is 0 Å². The molecule has 4 nitrogen and oxygen atoms in total. The molecule has 0 aromatic carbocycles. The summed E-state index contributed by atoms with van der Waals surface area (Å²) in [5.41, 5.74) is 1.69. The third-order valence-electron chi connectivity index (χ3n) is 1.77. The Hall–Kier alpha value is -2.10. The topological polar surface area (TPSA) is 55.7 Å². The van der Waals surface area contributed by atoms with Crippen LogP contribution in [0.3, 0.4) is 0 Å². The number of aromatic nitrogens is 3. The van der Waals surface area contributed by atoms with Gasteiger partial charge in [-0.15, -0.1) is 0 Å². The molecule has 0 saturated carbocycles. The van der Waals surface area contributed by atoms with Crippen LogP contribution in [0.25, 0.3) is 11.3 Å². The molecule has 2 heterocycles. The Morgan fingerprint density at radius 3 is 2.71 bits per heavy atom. The first-order valence-corrected chi connectivity index (χ1v) is 4.08. The standard InChI is InChI=1S/C10H7N3O/c14-7-9-10(13-5-4-12-9)8-2-1-3-11-6-8/h1-7H. The Kier molecular flexibility index (Phi) is 2.27. The zero-order valence-electron chi connectivity index (χ0n) is 7.29. The Morgan fingerprint density at radius 1 is 1.14 bits per heavy atom. The molecule has 0 aliphatic rings. The van der Waals surface area contributed by atoms with Crippen LogP contribution in [0.4, 0.5) is 0 Å². The van der Waals surface area contributed by atoms with Crippen LogP contribution in [-0.4, -0.2) is 21.2 Å². The maximum atomic E-state index is 10.7. The Bertz CT molecular complexity index is 442. The molecule has 0 amide bonds. The van der Waals surface area contributed by atoms with Gasteiger partial charge < -0.3 is 0 Å². The molecular weight excluding hydrogens is 178 g/mol. The summed E-state index contributed by atoms with van der Waals surface area (Å²) < 4.78 is 0. The molecule has 2 aromatic heterocycles. The van der Waals surface area contributed by atoms with Crippen LogP contribution in [0.15, 0.2) is 36.9 Å². The zero-order chi connectivity index (χ0) is 9.80. The van der Waals surface area contributed by atoms with Gasteiger partial charge >= 0.3 is 0 Å². The van der Waals surface area contributed by atoms with Gasteiger partial charge in [-0.3, -0.25) is 14.8 Å². The highest BCUT2D eigenvalue weighted by Crippen LogP contribution is 2.16. The lowest BCUT2D eigenvalue weighted by molar-refractivity contribution is 0.111. The highest BCUT2D eigenvalue weighted by atomic mass is 16.1. The van der Waals surface area contributed by atoms with Gasteiger partial charge in [0, 0.05) is 30.4 Å². The van der Waals surface area contributed by atoms with Gasteiger partial charge in [0.15, 0.2) is 6.29 Å². The third-order valence-corrected chi connectivity index (χ3v) is 1.77. The van der Waals surface area contributed by atoms with E-state index in [2.05, 4.69) is 15.0 Å². The summed E-state index contributed by atoms with van der Waals surface area (Å²) in [7, 11) is 0. The molecular formula is C10H7N3O. The third kappa shape index (κ3) is 1.50. The Balaban J connectivity index is 2.57. The number of carbonyl (C=O) groups excluding carboxylic acids is 1. The normalized spacial score (nSPS) is 9.71. The average molecular weight is 185 g/mol. The van der Waals surface area contributed by atoms with Gasteiger partial charge in [-0.25, -0.2) is 4.98 Å². The second kappa shape index (κ2) is 3.74. The molecule has 2 aromatic rings. The van der Waals surface area contributed by atoms with Crippen molar-refractivity contribution in [2.75, 3.05) is 0 Å². The van der Waals surface area contributed by atoms with E-state index in [1.165, 1.54) is 6.20 Å². The van der Waals surface area contributed by atoms with Gasteiger partial charge in [-0.05, 0) is 12.1 Å². The smallest absolute Gasteiger partial charge is 0.170 e. The van der Waals surface area contributed by atoms with Crippen molar-refractivity contribution in [1.29, 1.82) is 0 Å². The van der Waals surface area contributed by atoms with Gasteiger partial charge in [0.1, 0.15) is 11.4 Å². The van der Waals surface area contributed by atoms with E-state index in [-0.39, 0.29) is 0 Å². The number of aldehydes is 1. The molecule has 0 aliphatic carbocycles. The van der Waals surface area contributed by atoms with Crippen molar-refractivity contribution in [2.45, 2.75) is 0 Å². The number of carbonyl (C=O) groups is 1. The van der Waals surface area contributed by atoms with E-state index in [1.54, 1.807) is 24.7 Å². The van der Waals surface area contributed by atoms with Gasteiger partial charge in [0.2, 0.25) is 0 Å². The fraction of sp³-hybridized carbons (Fsp3) is 0. The van der Waals surface area contributed by atoms with Crippen molar-refractivity contribution >= 4 is 6.29 Å². The van der Waals surface area contributed by atoms with Crippen molar-refractivity contribution < 1.29 is 4.79 Å². The van der Waals surface area contributed by atoms with Crippen molar-refractivity contribution in [1.82, 2.24) is 15.0 Å². The minimum atomic E-state index is 0.334. The number of hydrogen-bond acceptors (Lipinski definition) is 4. The molecule has 0 radical (unpaired) electrons. The molecule has 2 rings (SSSR count). The summed E-state index contributed by atoms with van der Waals surface area (Å²) in [6.07, 6.45) is 7.05. The van der Waals surface area contributed by atoms with Crippen LogP contribution in [0.1, 0.15) is 10.5 Å². The lowest BCUT2D eigenvalue weighted by Crippen LogP contribution is -1.94. The van der Waals surface area contributed by atoms with Crippen LogP contribution in [-0.2, 0) is 0 Å². The lowest BCUT2D eigenvalue weighted by Gasteiger charge is -2.00. The average Bonchev–Trinajstić information content (AvgIpc) is 2.30. The fourth-order valence-corrected chi connectivity index (χ4v) is 1.16. The Morgan fingerprint density at radius 2 is 2.00 bits per heavy atom. The van der Waals surface area contributed by atoms with Crippen molar-refractivity contribution in [3.05, 3.63) is 42.6 Å². The molecule has 14 heavy (non-hydrogen) atoms. The lowest BCUT2D eigenvalue weighted by atomic mass is 10.2. The number of pyridine rings is 1. The first kappa shape index (κ1) is 8.50. The zero-order valence-corrected chi connectivity index (χ0v) is 7.29. The van der Waals surface area contributed by atoms with Gasteiger partial charge in [-0.2, -0.15) is 0 Å². The van der Waals surface area contributed by atoms with E-state index in [1.807, 2.05) is 6.07 Å². The van der Waals surface area contributed by atoms with Gasteiger partial charge in [0.25, 0.3) is 0 Å². The van der Waals surface area contributed by atoms with E-state index >= 15 is 0 Å². The molecule has 0 fully saturated rings. The van der Waals surface area contributed by atoms with Gasteiger partial charge in [0.05, 0.1) is 0 Å². The summed E-state index contributed by atoms with van der Waals surface area (Å²) in [6.45, 7) is 0. The molecule has 0 unspecified atom stereocenters. The molecule has 68 valence electrons. The maximum Gasteiger partial charge on any atom is 0.170 e. The van der Waals surface area contributed by atoms with Crippen molar-refractivity contribution in [3.8, 4) is 11.3 Å². The van der Waals surface area contributed by atoms with E-state index in [0.29, 0.717) is 17.7 Å². The molecule has 0 spiro atoms. The van der Waals surface area contributed by atoms with Crippen LogP contribution in [0.5, 0.6) is 0 Å². The molecule has 0 N–H and O–H groups in total. The SMILES string of the molecule is O=Cc1nccnc1-c1cccnc1. The van der Waals surface area contributed by atoms with Crippen LogP contribution < -0.4 is 0 Å². The summed E-state index contributed by atoms with van der Waals surface area (Å²) in [6, 6.07) is 3.63. The predicted molar refractivity (Wildman–Crippen MR) is 50.7 cm³/mol. The predicted octanol–water partition coefficient (Wildman–Crippen LogP) is 1.35. The maximum absolute atomic E-state index is 10.7. The molecule has 0 saturated heterocycles. The number of nitrogens with zero attached hydrogens (tertiary/aromatic N) is 3. The van der Waals surface area contributed by atoms with Crippen molar-refractivity contribution in [2.24, 2.45) is 0 Å². The number of hydrogen-bond donors (Lipinski definition) is 0. The monoisotopic (exact) mass is 185 g/mol. The van der Waals surface area contributed by atoms with E-state index < -0.39 is 0 Å². The first-order valence-electron chi connectivity index (χ1n) is 4.08. The molecule has 4 heteroatoms. The molecule has 0 aliphatic heterocycles. The summed E-state index contributed by atoms with van der Waals surface area (Å²) in [5, 5.41) is 0. The molecule has 0 bridgehead atoms. The van der Waals surface area contributed by atoms with Crippen LogP contribution in [0, 0.1) is 0 Å². The second-order valence-electron chi connectivity index (χ2n) is 2.65. The molecule has 0 atom stereocenters. The highest BCUT2D eigenvalue weighted by molar-refractivity contribution is 5.82. The summed E-state index contributed by atoms with van der Waals surface area (Å²) in [5.74, 6) is 0. The Labute approximate surface area is 80.7 Å². The van der Waals surface area contributed by atoms with Crippen LogP contribution in [0.2, 0.25) is 0 Å². The quantitative estimate of drug-likeness (QED) is 0.662. The minimum Gasteiger partial charge on any atom is -0.296 e. The minimum absolute atomic E-state index is 0.334. The fourth-order valence-electron chi connectivity index (χ4n) is 1.16. The largest absolute Gasteiger partial charge is 0.296 e.